The van der Waals surface area contributed by atoms with Gasteiger partial charge in [-0.2, -0.15) is 0 Å². The van der Waals surface area contributed by atoms with Crippen LogP contribution in [0.15, 0.2) is 6.20 Å². The average molecular weight is 225 g/mol. The molecular weight excluding hydrogens is 210 g/mol. The van der Waals surface area contributed by atoms with E-state index in [-0.39, 0.29) is 12.5 Å². The van der Waals surface area contributed by atoms with E-state index in [0.717, 1.165) is 19.4 Å². The van der Waals surface area contributed by atoms with Crippen molar-refractivity contribution in [2.24, 2.45) is 0 Å². The van der Waals surface area contributed by atoms with E-state index >= 15 is 0 Å². The standard InChI is InChI=1S/C10H15N3O3/c14-10(15)5-8-6-13(12-11-8)7-9-3-1-2-4-16-9/h6,9H,1-5,7H2,(H,14,15). The minimum atomic E-state index is -0.888. The zero-order chi connectivity index (χ0) is 11.4. The van der Waals surface area contributed by atoms with Crippen molar-refractivity contribution in [2.75, 3.05) is 6.61 Å². The van der Waals surface area contributed by atoms with Crippen LogP contribution >= 0.6 is 0 Å². The molecule has 0 saturated carbocycles. The highest BCUT2D eigenvalue weighted by molar-refractivity contribution is 5.69. The number of aliphatic carboxylic acids is 1. The molecule has 1 atom stereocenters. The predicted octanol–water partition coefficient (Wildman–Crippen LogP) is 0.474. The molecule has 0 aliphatic carbocycles. The number of ether oxygens (including phenoxy) is 1. The summed E-state index contributed by atoms with van der Waals surface area (Å²) in [5.74, 6) is -0.888. The summed E-state index contributed by atoms with van der Waals surface area (Å²) in [5, 5.41) is 16.3. The van der Waals surface area contributed by atoms with Crippen LogP contribution in [0.3, 0.4) is 0 Å². The number of hydrogen-bond acceptors (Lipinski definition) is 4. The SMILES string of the molecule is O=C(O)Cc1cn(CC2CCCCO2)nn1. The molecular formula is C10H15N3O3. The lowest BCUT2D eigenvalue weighted by atomic mass is 10.1. The monoisotopic (exact) mass is 225 g/mol. The van der Waals surface area contributed by atoms with Gasteiger partial charge in [0.05, 0.1) is 24.8 Å². The van der Waals surface area contributed by atoms with Crippen LogP contribution in [0.1, 0.15) is 25.0 Å². The molecule has 1 aromatic rings. The van der Waals surface area contributed by atoms with Crippen molar-refractivity contribution < 1.29 is 14.6 Å². The van der Waals surface area contributed by atoms with Gasteiger partial charge in [0.15, 0.2) is 0 Å². The van der Waals surface area contributed by atoms with Gasteiger partial charge >= 0.3 is 5.97 Å². The summed E-state index contributed by atoms with van der Waals surface area (Å²) >= 11 is 0. The van der Waals surface area contributed by atoms with Crippen molar-refractivity contribution in [1.29, 1.82) is 0 Å². The van der Waals surface area contributed by atoms with Crippen molar-refractivity contribution in [3.8, 4) is 0 Å². The summed E-state index contributed by atoms with van der Waals surface area (Å²) in [6.45, 7) is 1.47. The maximum absolute atomic E-state index is 10.5. The van der Waals surface area contributed by atoms with Crippen LogP contribution in [0.5, 0.6) is 0 Å². The largest absolute Gasteiger partial charge is 0.481 e. The van der Waals surface area contributed by atoms with Crippen molar-refractivity contribution in [3.63, 3.8) is 0 Å². The molecule has 6 heteroatoms. The molecule has 0 radical (unpaired) electrons. The summed E-state index contributed by atoms with van der Waals surface area (Å²) in [5.41, 5.74) is 0.489. The molecule has 2 heterocycles. The van der Waals surface area contributed by atoms with Crippen LogP contribution in [0, 0.1) is 0 Å². The van der Waals surface area contributed by atoms with E-state index in [9.17, 15) is 4.79 Å². The Hall–Kier alpha value is -1.43. The molecule has 1 N–H and O–H groups in total. The second-order valence-electron chi connectivity index (χ2n) is 3.99. The Bertz CT molecular complexity index is 358. The zero-order valence-corrected chi connectivity index (χ0v) is 9.00. The molecule has 16 heavy (non-hydrogen) atoms. The van der Waals surface area contributed by atoms with Crippen LogP contribution in [0.2, 0.25) is 0 Å². The molecule has 88 valence electrons. The van der Waals surface area contributed by atoms with Gasteiger partial charge in [-0.15, -0.1) is 5.10 Å². The third-order valence-corrected chi connectivity index (χ3v) is 2.58. The quantitative estimate of drug-likeness (QED) is 0.806. The van der Waals surface area contributed by atoms with Crippen molar-refractivity contribution in [3.05, 3.63) is 11.9 Å². The molecule has 1 fully saturated rings. The van der Waals surface area contributed by atoms with Gasteiger partial charge in [-0.3, -0.25) is 4.79 Å². The van der Waals surface area contributed by atoms with Gasteiger partial charge in [0.25, 0.3) is 0 Å². The Labute approximate surface area is 93.2 Å². The highest BCUT2D eigenvalue weighted by atomic mass is 16.5. The topological polar surface area (TPSA) is 77.2 Å². The van der Waals surface area contributed by atoms with Gasteiger partial charge in [0.2, 0.25) is 0 Å². The van der Waals surface area contributed by atoms with Crippen LogP contribution in [-0.2, 0) is 22.5 Å². The second kappa shape index (κ2) is 5.07. The van der Waals surface area contributed by atoms with E-state index in [1.807, 2.05) is 0 Å². The highest BCUT2D eigenvalue weighted by Gasteiger charge is 2.15. The second-order valence-corrected chi connectivity index (χ2v) is 3.99. The zero-order valence-electron chi connectivity index (χ0n) is 9.00. The summed E-state index contributed by atoms with van der Waals surface area (Å²) in [4.78, 5) is 10.5. The van der Waals surface area contributed by atoms with E-state index in [0.29, 0.717) is 12.2 Å². The third kappa shape index (κ3) is 3.03. The van der Waals surface area contributed by atoms with Gasteiger partial charge in [-0.05, 0) is 19.3 Å². The Balaban J connectivity index is 1.88. The van der Waals surface area contributed by atoms with E-state index in [1.54, 1.807) is 10.9 Å². The molecule has 0 amide bonds. The lowest BCUT2D eigenvalue weighted by Gasteiger charge is -2.21. The van der Waals surface area contributed by atoms with Gasteiger partial charge in [0.1, 0.15) is 0 Å². The molecule has 1 saturated heterocycles. The van der Waals surface area contributed by atoms with Gasteiger partial charge < -0.3 is 9.84 Å². The number of carboxylic acids is 1. The van der Waals surface area contributed by atoms with Crippen LogP contribution in [0.25, 0.3) is 0 Å². The smallest absolute Gasteiger partial charge is 0.309 e. The van der Waals surface area contributed by atoms with Gasteiger partial charge in [-0.1, -0.05) is 5.21 Å². The molecule has 1 aliphatic heterocycles. The normalized spacial score (nSPS) is 20.9. The maximum Gasteiger partial charge on any atom is 0.309 e. The molecule has 0 aromatic carbocycles. The van der Waals surface area contributed by atoms with Gasteiger partial charge in [-0.25, -0.2) is 4.68 Å². The fourth-order valence-electron chi connectivity index (χ4n) is 1.82. The van der Waals surface area contributed by atoms with E-state index in [1.165, 1.54) is 6.42 Å². The number of nitrogens with zero attached hydrogens (tertiary/aromatic N) is 3. The first-order valence-electron chi connectivity index (χ1n) is 5.46. The fourth-order valence-corrected chi connectivity index (χ4v) is 1.82. The third-order valence-electron chi connectivity index (χ3n) is 2.58. The molecule has 1 unspecified atom stereocenters. The van der Waals surface area contributed by atoms with Crippen molar-refractivity contribution >= 4 is 5.97 Å². The minimum absolute atomic E-state index is 0.0779. The van der Waals surface area contributed by atoms with Crippen LogP contribution < -0.4 is 0 Å². The Morgan fingerprint density at radius 1 is 1.62 bits per heavy atom. The number of carboxylic acid groups (broad SMARTS) is 1. The highest BCUT2D eigenvalue weighted by Crippen LogP contribution is 2.14. The first-order valence-corrected chi connectivity index (χ1v) is 5.46. The van der Waals surface area contributed by atoms with Gasteiger partial charge in [0, 0.05) is 12.8 Å². The van der Waals surface area contributed by atoms with Crippen molar-refractivity contribution in [2.45, 2.75) is 38.3 Å². The average Bonchev–Trinajstić information content (AvgIpc) is 2.66. The summed E-state index contributed by atoms with van der Waals surface area (Å²) in [6.07, 6.45) is 5.12. The Morgan fingerprint density at radius 2 is 2.50 bits per heavy atom. The Kier molecular flexibility index (Phi) is 3.51. The van der Waals surface area contributed by atoms with Crippen molar-refractivity contribution in [1.82, 2.24) is 15.0 Å². The number of aromatic nitrogens is 3. The summed E-state index contributed by atoms with van der Waals surface area (Å²) < 4.78 is 7.23. The molecule has 1 aromatic heterocycles. The molecule has 0 spiro atoms. The lowest BCUT2D eigenvalue weighted by molar-refractivity contribution is -0.136. The first-order chi connectivity index (χ1) is 7.74. The number of rotatable bonds is 4. The summed E-state index contributed by atoms with van der Waals surface area (Å²) in [7, 11) is 0. The van der Waals surface area contributed by atoms with E-state index < -0.39 is 5.97 Å². The maximum atomic E-state index is 10.5. The number of hydrogen-bond donors (Lipinski definition) is 1. The number of carbonyl (C=O) groups is 1. The minimum Gasteiger partial charge on any atom is -0.481 e. The van der Waals surface area contributed by atoms with E-state index in [4.69, 9.17) is 9.84 Å². The molecule has 1 aliphatic rings. The van der Waals surface area contributed by atoms with Crippen LogP contribution in [0.4, 0.5) is 0 Å². The lowest BCUT2D eigenvalue weighted by Crippen LogP contribution is -2.24. The molecule has 0 bridgehead atoms. The summed E-state index contributed by atoms with van der Waals surface area (Å²) in [6, 6.07) is 0. The van der Waals surface area contributed by atoms with Crippen LogP contribution in [-0.4, -0.2) is 38.8 Å². The Morgan fingerprint density at radius 3 is 3.19 bits per heavy atom. The fraction of sp³-hybridized carbons (Fsp3) is 0.700. The molecule has 2 rings (SSSR count). The van der Waals surface area contributed by atoms with E-state index in [2.05, 4.69) is 10.3 Å². The molecule has 6 nitrogen and oxygen atoms in total. The predicted molar refractivity (Wildman–Crippen MR) is 55.0 cm³/mol. The first kappa shape index (κ1) is 11.1.